The molecule has 0 bridgehead atoms. The molecule has 94 valence electrons. The average molecular weight is 260 g/mol. The maximum absolute atomic E-state index is 5.59. The summed E-state index contributed by atoms with van der Waals surface area (Å²) in [6.07, 6.45) is 1.72. The first kappa shape index (κ1) is 12.8. The quantitative estimate of drug-likeness (QED) is 0.852. The highest BCUT2D eigenvalue weighted by atomic mass is 32.1. The van der Waals surface area contributed by atoms with Gasteiger partial charge in [-0.25, -0.2) is 4.98 Å². The minimum atomic E-state index is 0.499. The zero-order valence-corrected chi connectivity index (χ0v) is 11.6. The molecule has 0 fully saturated rings. The fraction of sp³-hybridized carbons (Fsp3) is 0.286. The molecular weight excluding hydrogens is 244 g/mol. The van der Waals surface area contributed by atoms with E-state index in [1.807, 2.05) is 19.9 Å². The summed E-state index contributed by atoms with van der Waals surface area (Å²) in [5.41, 5.74) is 4.39. The maximum atomic E-state index is 5.59. The number of aromatic amines is 1. The SMILES string of the molecule is CCOc1cc(C)c(-c2ccnc(=S)[nH]2)cc1C. The average Bonchev–Trinajstić information content (AvgIpc) is 2.33. The molecule has 2 aromatic rings. The highest BCUT2D eigenvalue weighted by Gasteiger charge is 2.07. The molecule has 0 unspecified atom stereocenters. The second kappa shape index (κ2) is 5.31. The molecule has 1 heterocycles. The topological polar surface area (TPSA) is 37.9 Å². The summed E-state index contributed by atoms with van der Waals surface area (Å²) in [5, 5.41) is 0. The van der Waals surface area contributed by atoms with E-state index < -0.39 is 0 Å². The summed E-state index contributed by atoms with van der Waals surface area (Å²) in [5.74, 6) is 0.936. The first-order valence-electron chi connectivity index (χ1n) is 5.91. The smallest absolute Gasteiger partial charge is 0.197 e. The normalized spacial score (nSPS) is 10.4. The van der Waals surface area contributed by atoms with Crippen molar-refractivity contribution in [3.63, 3.8) is 0 Å². The van der Waals surface area contributed by atoms with Crippen molar-refractivity contribution in [1.29, 1.82) is 0 Å². The number of aromatic nitrogens is 2. The Bertz CT molecular complexity index is 619. The van der Waals surface area contributed by atoms with E-state index in [0.717, 1.165) is 28.1 Å². The molecule has 0 aliphatic rings. The van der Waals surface area contributed by atoms with Crippen LogP contribution in [0.2, 0.25) is 0 Å². The van der Waals surface area contributed by atoms with Crippen LogP contribution >= 0.6 is 12.2 Å². The Kier molecular flexibility index (Phi) is 3.77. The number of hydrogen-bond acceptors (Lipinski definition) is 3. The number of benzene rings is 1. The summed E-state index contributed by atoms with van der Waals surface area (Å²) < 4.78 is 6.09. The highest BCUT2D eigenvalue weighted by Crippen LogP contribution is 2.28. The summed E-state index contributed by atoms with van der Waals surface area (Å²) >= 11 is 5.05. The second-order valence-electron chi connectivity index (χ2n) is 4.15. The minimum absolute atomic E-state index is 0.499. The maximum Gasteiger partial charge on any atom is 0.197 e. The molecule has 4 heteroatoms. The van der Waals surface area contributed by atoms with Crippen molar-refractivity contribution in [2.45, 2.75) is 20.8 Å². The molecular formula is C14H16N2OS. The van der Waals surface area contributed by atoms with E-state index in [1.165, 1.54) is 0 Å². The number of aryl methyl sites for hydroxylation is 2. The number of nitrogens with zero attached hydrogens (tertiary/aromatic N) is 1. The molecule has 0 aliphatic heterocycles. The molecule has 18 heavy (non-hydrogen) atoms. The van der Waals surface area contributed by atoms with E-state index >= 15 is 0 Å². The zero-order chi connectivity index (χ0) is 13.1. The Morgan fingerprint density at radius 2 is 2.06 bits per heavy atom. The van der Waals surface area contributed by atoms with Gasteiger partial charge in [-0.1, -0.05) is 0 Å². The van der Waals surface area contributed by atoms with Crippen LogP contribution in [0.3, 0.4) is 0 Å². The minimum Gasteiger partial charge on any atom is -0.494 e. The summed E-state index contributed by atoms with van der Waals surface area (Å²) in [6.45, 7) is 6.78. The Balaban J connectivity index is 2.52. The Hall–Kier alpha value is -1.68. The largest absolute Gasteiger partial charge is 0.494 e. The number of H-pyrrole nitrogens is 1. The van der Waals surface area contributed by atoms with Crippen LogP contribution in [0.5, 0.6) is 5.75 Å². The number of hydrogen-bond donors (Lipinski definition) is 1. The van der Waals surface area contributed by atoms with Crippen LogP contribution in [0.4, 0.5) is 0 Å². The number of nitrogens with one attached hydrogen (secondary N) is 1. The van der Waals surface area contributed by atoms with E-state index in [4.69, 9.17) is 17.0 Å². The van der Waals surface area contributed by atoms with Gasteiger partial charge in [0.2, 0.25) is 0 Å². The van der Waals surface area contributed by atoms with Crippen molar-refractivity contribution < 1.29 is 4.74 Å². The zero-order valence-electron chi connectivity index (χ0n) is 10.8. The second-order valence-corrected chi connectivity index (χ2v) is 4.54. The number of ether oxygens (including phenoxy) is 1. The van der Waals surface area contributed by atoms with Gasteiger partial charge < -0.3 is 9.72 Å². The van der Waals surface area contributed by atoms with Crippen molar-refractivity contribution >= 4 is 12.2 Å². The van der Waals surface area contributed by atoms with Crippen molar-refractivity contribution in [2.75, 3.05) is 6.61 Å². The van der Waals surface area contributed by atoms with E-state index in [9.17, 15) is 0 Å². The van der Waals surface area contributed by atoms with Crippen LogP contribution in [-0.2, 0) is 0 Å². The van der Waals surface area contributed by atoms with Gasteiger partial charge in [0, 0.05) is 17.5 Å². The molecule has 0 aliphatic carbocycles. The lowest BCUT2D eigenvalue weighted by Gasteiger charge is -2.12. The van der Waals surface area contributed by atoms with Crippen LogP contribution in [0.1, 0.15) is 18.1 Å². The monoisotopic (exact) mass is 260 g/mol. The molecule has 0 saturated heterocycles. The lowest BCUT2D eigenvalue weighted by molar-refractivity contribution is 0.337. The van der Waals surface area contributed by atoms with Gasteiger partial charge in [0.15, 0.2) is 4.77 Å². The van der Waals surface area contributed by atoms with Gasteiger partial charge in [-0.3, -0.25) is 0 Å². The fourth-order valence-electron chi connectivity index (χ4n) is 1.92. The molecule has 0 atom stereocenters. The standard InChI is InChI=1S/C14H16N2OS/c1-4-17-13-8-9(2)11(7-10(13)3)12-5-6-15-14(18)16-12/h5-8H,4H2,1-3H3,(H,15,16,18). The molecule has 1 N–H and O–H groups in total. The third-order valence-electron chi connectivity index (χ3n) is 2.79. The van der Waals surface area contributed by atoms with Crippen LogP contribution in [0, 0.1) is 18.6 Å². The van der Waals surface area contributed by atoms with E-state index in [0.29, 0.717) is 11.4 Å². The predicted molar refractivity (Wildman–Crippen MR) is 75.5 cm³/mol. The van der Waals surface area contributed by atoms with Gasteiger partial charge in [-0.2, -0.15) is 0 Å². The van der Waals surface area contributed by atoms with Gasteiger partial charge in [-0.15, -0.1) is 0 Å². The Morgan fingerprint density at radius 3 is 2.72 bits per heavy atom. The third kappa shape index (κ3) is 2.59. The number of rotatable bonds is 3. The molecule has 3 nitrogen and oxygen atoms in total. The first-order valence-corrected chi connectivity index (χ1v) is 6.32. The lowest BCUT2D eigenvalue weighted by atomic mass is 10.0. The molecule has 0 saturated carbocycles. The van der Waals surface area contributed by atoms with E-state index in [-0.39, 0.29) is 0 Å². The van der Waals surface area contributed by atoms with Gasteiger partial charge >= 0.3 is 0 Å². The van der Waals surface area contributed by atoms with Crippen LogP contribution in [0.25, 0.3) is 11.3 Å². The first-order chi connectivity index (χ1) is 8.61. The van der Waals surface area contributed by atoms with Crippen molar-refractivity contribution in [2.24, 2.45) is 0 Å². The highest BCUT2D eigenvalue weighted by molar-refractivity contribution is 7.71. The van der Waals surface area contributed by atoms with Crippen LogP contribution < -0.4 is 4.74 Å². The van der Waals surface area contributed by atoms with Gasteiger partial charge in [-0.05, 0) is 62.3 Å². The van der Waals surface area contributed by atoms with Crippen molar-refractivity contribution in [3.05, 3.63) is 40.3 Å². The Labute approximate surface area is 112 Å². The summed E-state index contributed by atoms with van der Waals surface area (Å²) in [6, 6.07) is 6.10. The van der Waals surface area contributed by atoms with Crippen LogP contribution in [0.15, 0.2) is 24.4 Å². The summed E-state index contributed by atoms with van der Waals surface area (Å²) in [7, 11) is 0. The molecule has 1 aromatic carbocycles. The molecule has 0 amide bonds. The lowest BCUT2D eigenvalue weighted by Crippen LogP contribution is -1.97. The fourth-order valence-corrected chi connectivity index (χ4v) is 2.09. The molecule has 0 spiro atoms. The summed E-state index contributed by atoms with van der Waals surface area (Å²) in [4.78, 5) is 7.10. The third-order valence-corrected chi connectivity index (χ3v) is 2.99. The predicted octanol–water partition coefficient (Wildman–Crippen LogP) is 3.82. The van der Waals surface area contributed by atoms with E-state index in [2.05, 4.69) is 29.0 Å². The van der Waals surface area contributed by atoms with E-state index in [1.54, 1.807) is 6.20 Å². The van der Waals surface area contributed by atoms with Crippen molar-refractivity contribution in [3.8, 4) is 17.0 Å². The molecule has 1 aromatic heterocycles. The van der Waals surface area contributed by atoms with Gasteiger partial charge in [0.05, 0.1) is 6.61 Å². The molecule has 0 radical (unpaired) electrons. The van der Waals surface area contributed by atoms with Gasteiger partial charge in [0.25, 0.3) is 0 Å². The van der Waals surface area contributed by atoms with Gasteiger partial charge in [0.1, 0.15) is 5.75 Å². The van der Waals surface area contributed by atoms with Crippen LogP contribution in [-0.4, -0.2) is 16.6 Å². The van der Waals surface area contributed by atoms with Crippen molar-refractivity contribution in [1.82, 2.24) is 9.97 Å². The Morgan fingerprint density at radius 1 is 1.28 bits per heavy atom. The molecule has 2 rings (SSSR count).